The number of alkyl carbamates (subject to hydrolysis) is 1. The van der Waals surface area contributed by atoms with E-state index in [0.717, 1.165) is 16.0 Å². The zero-order valence-electron chi connectivity index (χ0n) is 16.4. The maximum Gasteiger partial charge on any atom is 0.408 e. The van der Waals surface area contributed by atoms with Gasteiger partial charge in [0.25, 0.3) is 0 Å². The van der Waals surface area contributed by atoms with Crippen LogP contribution in [0.15, 0.2) is 73.8 Å². The number of carbonyl (C=O) groups excluding carboxylic acids is 2. The Morgan fingerprint density at radius 3 is 2.20 bits per heavy atom. The Kier molecular flexibility index (Phi) is 7.29. The van der Waals surface area contributed by atoms with Crippen molar-refractivity contribution in [2.75, 3.05) is 0 Å². The van der Waals surface area contributed by atoms with E-state index in [0.29, 0.717) is 17.1 Å². The summed E-state index contributed by atoms with van der Waals surface area (Å²) in [7, 11) is 0. The van der Waals surface area contributed by atoms with Gasteiger partial charge in [-0.05, 0) is 23.3 Å². The molecule has 6 heteroatoms. The summed E-state index contributed by atoms with van der Waals surface area (Å²) in [6.45, 7) is 7.59. The maximum absolute atomic E-state index is 13.2. The van der Waals surface area contributed by atoms with Gasteiger partial charge in [-0.3, -0.25) is 4.79 Å². The Balaban J connectivity index is 1.76. The molecular formula is C24H22N2O3S. The summed E-state index contributed by atoms with van der Waals surface area (Å²) in [5.41, 5.74) is 2.39. The monoisotopic (exact) mass is 418 g/mol. The lowest BCUT2D eigenvalue weighted by atomic mass is 10.0. The normalized spacial score (nSPS) is 11.3. The zero-order valence-corrected chi connectivity index (χ0v) is 17.2. The lowest BCUT2D eigenvalue weighted by Crippen LogP contribution is -2.42. The van der Waals surface area contributed by atoms with Crippen LogP contribution in [0.5, 0.6) is 0 Å². The van der Waals surface area contributed by atoms with Gasteiger partial charge >= 0.3 is 6.09 Å². The molecule has 0 bridgehead atoms. The van der Waals surface area contributed by atoms with E-state index >= 15 is 0 Å². The SMILES string of the molecule is C=Cc1nc(C(=O)[C@H](Cc2ccccc2)NC(=O)OCc2ccccc2)sc1C=C. The molecule has 2 aromatic carbocycles. The maximum atomic E-state index is 13.2. The Morgan fingerprint density at radius 2 is 1.63 bits per heavy atom. The number of aromatic nitrogens is 1. The van der Waals surface area contributed by atoms with Crippen molar-refractivity contribution in [1.29, 1.82) is 0 Å². The van der Waals surface area contributed by atoms with Crippen LogP contribution in [0.25, 0.3) is 12.2 Å². The Hall–Kier alpha value is -3.51. The van der Waals surface area contributed by atoms with Crippen LogP contribution in [0.3, 0.4) is 0 Å². The van der Waals surface area contributed by atoms with Crippen LogP contribution in [0, 0.1) is 0 Å². The van der Waals surface area contributed by atoms with Gasteiger partial charge in [0.1, 0.15) is 12.6 Å². The van der Waals surface area contributed by atoms with E-state index in [4.69, 9.17) is 4.74 Å². The Morgan fingerprint density at radius 1 is 1.00 bits per heavy atom. The van der Waals surface area contributed by atoms with E-state index in [1.54, 1.807) is 12.2 Å². The van der Waals surface area contributed by atoms with Crippen molar-refractivity contribution in [2.24, 2.45) is 0 Å². The molecule has 0 fully saturated rings. The molecular weight excluding hydrogens is 396 g/mol. The summed E-state index contributed by atoms with van der Waals surface area (Å²) in [6, 6.07) is 18.0. The summed E-state index contributed by atoms with van der Waals surface area (Å²) >= 11 is 1.23. The van der Waals surface area contributed by atoms with E-state index in [1.165, 1.54) is 11.3 Å². The Bertz CT molecular complexity index is 1000. The van der Waals surface area contributed by atoms with Crippen molar-refractivity contribution >= 4 is 35.4 Å². The summed E-state index contributed by atoms with van der Waals surface area (Å²) in [5, 5.41) is 3.00. The third-order valence-electron chi connectivity index (χ3n) is 4.37. The van der Waals surface area contributed by atoms with Gasteiger partial charge < -0.3 is 10.1 Å². The number of benzene rings is 2. The average molecular weight is 419 g/mol. The molecule has 1 heterocycles. The van der Waals surface area contributed by atoms with Crippen molar-refractivity contribution in [3.63, 3.8) is 0 Å². The number of Topliss-reactive ketones (excluding diaryl/α,β-unsaturated/α-hetero) is 1. The highest BCUT2D eigenvalue weighted by molar-refractivity contribution is 7.14. The minimum atomic E-state index is -0.808. The molecule has 1 aromatic heterocycles. The number of hydrogen-bond acceptors (Lipinski definition) is 5. The first-order chi connectivity index (χ1) is 14.6. The third-order valence-corrected chi connectivity index (χ3v) is 5.46. The lowest BCUT2D eigenvalue weighted by molar-refractivity contribution is 0.0916. The summed E-state index contributed by atoms with van der Waals surface area (Å²) in [5.74, 6) is -0.281. The molecule has 0 aliphatic rings. The molecule has 1 N–H and O–H groups in total. The molecule has 0 saturated carbocycles. The van der Waals surface area contributed by atoms with Gasteiger partial charge in [-0.15, -0.1) is 11.3 Å². The number of thiazole rings is 1. The van der Waals surface area contributed by atoms with Crippen molar-refractivity contribution in [3.8, 4) is 0 Å². The molecule has 3 aromatic rings. The molecule has 1 atom stereocenters. The quantitative estimate of drug-likeness (QED) is 0.488. The molecule has 1 amide bonds. The number of ether oxygens (including phenoxy) is 1. The topological polar surface area (TPSA) is 68.3 Å². The number of rotatable bonds is 9. The fourth-order valence-electron chi connectivity index (χ4n) is 2.86. The van der Waals surface area contributed by atoms with Gasteiger partial charge in [-0.25, -0.2) is 9.78 Å². The highest BCUT2D eigenvalue weighted by Gasteiger charge is 2.26. The van der Waals surface area contributed by atoms with Crippen LogP contribution in [-0.2, 0) is 17.8 Å². The first kappa shape index (κ1) is 21.2. The highest BCUT2D eigenvalue weighted by atomic mass is 32.1. The molecule has 0 spiro atoms. The summed E-state index contributed by atoms with van der Waals surface area (Å²) in [4.78, 5) is 30.7. The van der Waals surface area contributed by atoms with Gasteiger partial charge in [0.15, 0.2) is 5.01 Å². The smallest absolute Gasteiger partial charge is 0.408 e. The van der Waals surface area contributed by atoms with E-state index in [-0.39, 0.29) is 12.4 Å². The summed E-state index contributed by atoms with van der Waals surface area (Å²) < 4.78 is 5.30. The molecule has 5 nitrogen and oxygen atoms in total. The van der Waals surface area contributed by atoms with Crippen molar-refractivity contribution in [1.82, 2.24) is 10.3 Å². The second kappa shape index (κ2) is 10.3. The van der Waals surface area contributed by atoms with E-state index in [9.17, 15) is 9.59 Å². The molecule has 0 aliphatic carbocycles. The fraction of sp³-hybridized carbons (Fsp3) is 0.125. The first-order valence-electron chi connectivity index (χ1n) is 9.41. The van der Waals surface area contributed by atoms with Crippen LogP contribution in [-0.4, -0.2) is 22.9 Å². The molecule has 0 saturated heterocycles. The van der Waals surface area contributed by atoms with E-state index in [1.807, 2.05) is 60.7 Å². The fourth-order valence-corrected chi connectivity index (χ4v) is 3.77. The first-order valence-corrected chi connectivity index (χ1v) is 10.2. The number of carbonyl (C=O) groups is 2. The van der Waals surface area contributed by atoms with Gasteiger partial charge in [0.2, 0.25) is 5.78 Å². The van der Waals surface area contributed by atoms with Gasteiger partial charge in [-0.1, -0.05) is 73.8 Å². The van der Waals surface area contributed by atoms with Crippen LogP contribution >= 0.6 is 11.3 Å². The Labute approximate surface area is 179 Å². The number of nitrogens with zero attached hydrogens (tertiary/aromatic N) is 1. The predicted molar refractivity (Wildman–Crippen MR) is 120 cm³/mol. The minimum absolute atomic E-state index is 0.122. The van der Waals surface area contributed by atoms with Gasteiger partial charge in [0.05, 0.1) is 10.6 Å². The minimum Gasteiger partial charge on any atom is -0.445 e. The van der Waals surface area contributed by atoms with E-state index < -0.39 is 12.1 Å². The molecule has 3 rings (SSSR count). The van der Waals surface area contributed by atoms with Crippen molar-refractivity contribution < 1.29 is 14.3 Å². The second-order valence-corrected chi connectivity index (χ2v) is 7.52. The lowest BCUT2D eigenvalue weighted by Gasteiger charge is -2.17. The molecule has 0 unspecified atom stereocenters. The number of amides is 1. The second-order valence-electron chi connectivity index (χ2n) is 6.49. The molecule has 0 radical (unpaired) electrons. The molecule has 30 heavy (non-hydrogen) atoms. The van der Waals surface area contributed by atoms with Gasteiger partial charge in [-0.2, -0.15) is 0 Å². The predicted octanol–water partition coefficient (Wildman–Crippen LogP) is 5.15. The zero-order chi connectivity index (χ0) is 21.3. The van der Waals surface area contributed by atoms with Crippen molar-refractivity contribution in [2.45, 2.75) is 19.1 Å². The largest absolute Gasteiger partial charge is 0.445 e. The summed E-state index contributed by atoms with van der Waals surface area (Å²) in [6.07, 6.45) is 2.89. The van der Waals surface area contributed by atoms with Gasteiger partial charge in [0, 0.05) is 6.42 Å². The third kappa shape index (κ3) is 5.52. The number of nitrogens with one attached hydrogen (secondary N) is 1. The van der Waals surface area contributed by atoms with E-state index in [2.05, 4.69) is 23.5 Å². The van der Waals surface area contributed by atoms with Crippen LogP contribution < -0.4 is 5.32 Å². The van der Waals surface area contributed by atoms with Crippen LogP contribution in [0.2, 0.25) is 0 Å². The van der Waals surface area contributed by atoms with Crippen LogP contribution in [0.1, 0.15) is 31.5 Å². The van der Waals surface area contributed by atoms with Crippen molar-refractivity contribution in [3.05, 3.63) is 101 Å². The standard InChI is InChI=1S/C24H22N2O3S/c1-3-19-21(4-2)30-23(25-19)22(27)20(15-17-11-7-5-8-12-17)26-24(28)29-16-18-13-9-6-10-14-18/h3-14,20H,1-2,15-16H2,(H,26,28)/t20-/m0/s1. The molecule has 152 valence electrons. The number of ketones is 1. The number of hydrogen-bond donors (Lipinski definition) is 1. The average Bonchev–Trinajstić information content (AvgIpc) is 3.22. The van der Waals surface area contributed by atoms with Crippen LogP contribution in [0.4, 0.5) is 4.79 Å². The highest BCUT2D eigenvalue weighted by Crippen LogP contribution is 2.23. The molecule has 0 aliphatic heterocycles.